The van der Waals surface area contributed by atoms with Gasteiger partial charge in [-0.2, -0.15) is 0 Å². The lowest BCUT2D eigenvalue weighted by Crippen LogP contribution is -3.09. The second-order valence-corrected chi connectivity index (χ2v) is 9.05. The van der Waals surface area contributed by atoms with Gasteiger partial charge in [0.1, 0.15) is 0 Å². The smallest absolute Gasteiger partial charge is 0.255 e. The number of benzene rings is 1. The number of nitrogens with one attached hydrogen (secondary N) is 2. The van der Waals surface area contributed by atoms with Gasteiger partial charge >= 0.3 is 0 Å². The number of rotatable bonds is 9. The van der Waals surface area contributed by atoms with E-state index < -0.39 is 13.0 Å². The van der Waals surface area contributed by atoms with Gasteiger partial charge in [0.15, 0.2) is 5.69 Å². The van der Waals surface area contributed by atoms with Crippen molar-refractivity contribution in [3.63, 3.8) is 0 Å². The molecule has 1 unspecified atom stereocenters. The maximum Gasteiger partial charge on any atom is 0.255 e. The van der Waals surface area contributed by atoms with Crippen LogP contribution >= 0.6 is 11.6 Å². The molecule has 34 heavy (non-hydrogen) atoms. The number of allylic oxidation sites excluding steroid dienone is 1. The molecule has 1 amide bonds. The van der Waals surface area contributed by atoms with E-state index in [9.17, 15) is 18.8 Å². The molecule has 4 rings (SSSR count). The first-order chi connectivity index (χ1) is 16.4. The lowest BCUT2D eigenvalue weighted by atomic mass is 9.97. The van der Waals surface area contributed by atoms with E-state index >= 15 is 0 Å². The van der Waals surface area contributed by atoms with Crippen LogP contribution in [0.15, 0.2) is 48.9 Å². The van der Waals surface area contributed by atoms with E-state index in [2.05, 4.69) is 15.2 Å². The predicted octanol–water partition coefficient (Wildman–Crippen LogP) is 2.80. The number of carbonyl (C=O) groups is 1. The zero-order valence-electron chi connectivity index (χ0n) is 18.7. The maximum absolute atomic E-state index is 13.2. The summed E-state index contributed by atoms with van der Waals surface area (Å²) in [7, 11) is 0. The average Bonchev–Trinajstić information content (AvgIpc) is 3.27. The van der Waals surface area contributed by atoms with E-state index in [4.69, 9.17) is 11.6 Å². The van der Waals surface area contributed by atoms with Gasteiger partial charge in [-0.3, -0.25) is 14.7 Å². The van der Waals surface area contributed by atoms with Crippen LogP contribution in [0.25, 0.3) is 5.57 Å². The van der Waals surface area contributed by atoms with Crippen LogP contribution in [0.4, 0.5) is 14.5 Å². The molecule has 0 saturated carbocycles. The summed E-state index contributed by atoms with van der Waals surface area (Å²) in [5, 5.41) is 17.8. The molecule has 3 heterocycles. The number of fused-ring (bicyclic) bond motifs is 1. The van der Waals surface area contributed by atoms with Crippen LogP contribution in [-0.2, 0) is 11.2 Å². The number of nitrogens with zero attached hydrogens (tertiary/aromatic N) is 3. The summed E-state index contributed by atoms with van der Waals surface area (Å²) in [5.74, 6) is -0.384. The first-order valence-corrected chi connectivity index (χ1v) is 11.8. The van der Waals surface area contributed by atoms with Crippen LogP contribution in [0.1, 0.15) is 30.4 Å². The van der Waals surface area contributed by atoms with Gasteiger partial charge in [-0.15, -0.1) is 0 Å². The zero-order chi connectivity index (χ0) is 24.1. The quantitative estimate of drug-likeness (QED) is 0.528. The van der Waals surface area contributed by atoms with E-state index in [-0.39, 0.29) is 23.5 Å². The highest BCUT2D eigenvalue weighted by atomic mass is 35.5. The maximum atomic E-state index is 13.2. The van der Waals surface area contributed by atoms with Gasteiger partial charge < -0.3 is 10.5 Å². The Kier molecular flexibility index (Phi) is 8.10. The van der Waals surface area contributed by atoms with Gasteiger partial charge in [0, 0.05) is 35.8 Å². The highest BCUT2D eigenvalue weighted by molar-refractivity contribution is 6.30. The molecule has 2 N–H and O–H groups in total. The van der Waals surface area contributed by atoms with Gasteiger partial charge in [-0.25, -0.2) is 19.0 Å². The highest BCUT2D eigenvalue weighted by Crippen LogP contribution is 2.28. The lowest BCUT2D eigenvalue weighted by molar-refractivity contribution is -0.903. The highest BCUT2D eigenvalue weighted by Gasteiger charge is 2.31. The lowest BCUT2D eigenvalue weighted by Gasteiger charge is -2.40. The number of alkyl halides is 2. The summed E-state index contributed by atoms with van der Waals surface area (Å²) < 4.78 is 24.6. The molecule has 2 aliphatic heterocycles. The van der Waals surface area contributed by atoms with Gasteiger partial charge in [0.25, 0.3) is 6.43 Å². The van der Waals surface area contributed by atoms with Crippen molar-refractivity contribution in [3.8, 4) is 0 Å². The number of carbonyl (C=O) groups excluding carboxylic acids is 1. The van der Waals surface area contributed by atoms with E-state index in [0.717, 1.165) is 36.1 Å². The molecule has 0 spiro atoms. The van der Waals surface area contributed by atoms with Crippen LogP contribution in [0.2, 0.25) is 5.02 Å². The van der Waals surface area contributed by atoms with Crippen molar-refractivity contribution >= 4 is 28.8 Å². The molecule has 2 aliphatic rings. The Hall–Kier alpha value is -2.59. The van der Waals surface area contributed by atoms with Crippen LogP contribution in [-0.4, -0.2) is 59.4 Å². The molecule has 1 saturated heterocycles. The van der Waals surface area contributed by atoms with Gasteiger partial charge in [0.05, 0.1) is 25.5 Å². The number of halogens is 3. The summed E-state index contributed by atoms with van der Waals surface area (Å²) in [6, 6.07) is 9.62. The molecule has 1 aromatic carbocycles. The molecule has 1 fully saturated rings. The second-order valence-electron chi connectivity index (χ2n) is 8.61. The van der Waals surface area contributed by atoms with E-state index in [1.165, 1.54) is 0 Å². The molecule has 2 atom stereocenters. The number of pyridine rings is 1. The molecule has 182 valence electrons. The number of amides is 1. The van der Waals surface area contributed by atoms with Crippen molar-refractivity contribution in [1.29, 1.82) is 0 Å². The molecular formula is C24H28ClF2N5O2. The van der Waals surface area contributed by atoms with E-state index in [0.29, 0.717) is 30.2 Å². The van der Waals surface area contributed by atoms with E-state index in [1.54, 1.807) is 17.4 Å². The summed E-state index contributed by atoms with van der Waals surface area (Å²) in [5.41, 5.74) is 3.57. The fraction of sp³-hybridized carbons (Fsp3) is 0.417. The third-order valence-electron chi connectivity index (χ3n) is 6.26. The number of quaternary nitrogens is 1. The Labute approximate surface area is 202 Å². The molecule has 10 heteroatoms. The van der Waals surface area contributed by atoms with Crippen molar-refractivity contribution in [2.24, 2.45) is 0 Å². The minimum Gasteiger partial charge on any atom is -0.603 e. The Morgan fingerprint density at radius 1 is 1.29 bits per heavy atom. The Morgan fingerprint density at radius 2 is 2.09 bits per heavy atom. The topological polar surface area (TPSA) is 76.0 Å². The van der Waals surface area contributed by atoms with Crippen LogP contribution in [0, 0.1) is 5.21 Å². The third kappa shape index (κ3) is 6.09. The minimum absolute atomic E-state index is 0.0931. The van der Waals surface area contributed by atoms with Crippen molar-refractivity contribution in [2.45, 2.75) is 38.2 Å². The summed E-state index contributed by atoms with van der Waals surface area (Å²) in [6.45, 7) is 1.16. The largest absolute Gasteiger partial charge is 0.603 e. The fourth-order valence-electron chi connectivity index (χ4n) is 4.56. The van der Waals surface area contributed by atoms with Crippen molar-refractivity contribution in [2.75, 3.05) is 26.2 Å². The summed E-state index contributed by atoms with van der Waals surface area (Å²) >= 11 is 6.02. The Balaban J connectivity index is 1.45. The first-order valence-electron chi connectivity index (χ1n) is 11.4. The molecule has 1 aromatic heterocycles. The molecule has 0 bridgehead atoms. The molecule has 7 nitrogen and oxygen atoms in total. The molecule has 0 radical (unpaired) electrons. The normalized spacial score (nSPS) is 20.4. The first kappa shape index (κ1) is 24.5. The van der Waals surface area contributed by atoms with Crippen LogP contribution < -0.4 is 10.5 Å². The monoisotopic (exact) mass is 491 g/mol. The van der Waals surface area contributed by atoms with Gasteiger partial charge in [-0.1, -0.05) is 23.7 Å². The number of hydrogen-bond acceptors (Lipinski definition) is 5. The van der Waals surface area contributed by atoms with Gasteiger partial charge in [0.2, 0.25) is 5.91 Å². The number of aromatic nitrogens is 1. The fourth-order valence-corrected chi connectivity index (χ4v) is 4.69. The van der Waals surface area contributed by atoms with Gasteiger partial charge in [-0.05, 0) is 55.1 Å². The second kappa shape index (κ2) is 11.2. The number of likely N-dealkylation sites (tertiary alicyclic amines) is 1. The summed E-state index contributed by atoms with van der Waals surface area (Å²) in [6.07, 6.45) is 5.34. The molecule has 2 aromatic rings. The SMILES string of the molecule is O=C(CCN1CCC[C@@H]1CN1C=C(Cc2ccc(Cl)cc2)c2ccncc2[NH+]1[O-])NCC(F)F. The molecule has 0 aliphatic carbocycles. The summed E-state index contributed by atoms with van der Waals surface area (Å²) in [4.78, 5) is 18.2. The van der Waals surface area contributed by atoms with Crippen LogP contribution in [0.3, 0.4) is 0 Å². The third-order valence-corrected chi connectivity index (χ3v) is 6.52. The van der Waals surface area contributed by atoms with E-state index in [1.807, 2.05) is 36.5 Å². The molecular weight excluding hydrogens is 464 g/mol. The van der Waals surface area contributed by atoms with Crippen molar-refractivity contribution < 1.29 is 18.7 Å². The van der Waals surface area contributed by atoms with Crippen molar-refractivity contribution in [1.82, 2.24) is 20.2 Å². The van der Waals surface area contributed by atoms with Crippen LogP contribution in [0.5, 0.6) is 0 Å². The van der Waals surface area contributed by atoms with Crippen molar-refractivity contribution in [3.05, 3.63) is 70.3 Å². The predicted molar refractivity (Wildman–Crippen MR) is 126 cm³/mol. The Bertz CT molecular complexity index is 1020. The standard InChI is InChI=1S/C24H28ClF2N5O2/c25-19-5-3-17(4-6-19)12-18-15-31(32(34)22-13-28-9-7-21(18)22)16-20-2-1-10-30(20)11-8-24(33)29-14-23(26)27/h3-7,9,13,15,20,23,32H,1-2,8,10-12,14,16H2,(H,29,33)/t20-/m1/s1. The Morgan fingerprint density at radius 3 is 2.85 bits per heavy atom. The minimum atomic E-state index is -2.56. The zero-order valence-corrected chi connectivity index (χ0v) is 19.5. The average molecular weight is 492 g/mol. The number of hydrogen-bond donors (Lipinski definition) is 2.